The molecule has 9 aromatic rings. The van der Waals surface area contributed by atoms with Gasteiger partial charge in [-0.25, -0.2) is 9.97 Å². The lowest BCUT2D eigenvalue weighted by molar-refractivity contribution is 0.770. The summed E-state index contributed by atoms with van der Waals surface area (Å²) in [5, 5.41) is 10.4. The standard InChI is InChI=1S/C52H35N3/c1-2-34-22-25-38(32-39(34)33-53)42-28-29-44(47-31-27-37-24-23-36-26-30-46(35-14-6-3-7-15-35)54-50(36)51(37)55-47)48-43-20-12-13-21-45(43)52(49(42)48,40-16-8-4-9-17-40)41-18-10-5-11-19-41/h2-33,53H,1H2. The van der Waals surface area contributed by atoms with Crippen LogP contribution >= 0.6 is 0 Å². The maximum atomic E-state index is 8.30. The van der Waals surface area contributed by atoms with Crippen LogP contribution in [0.1, 0.15) is 33.4 Å². The van der Waals surface area contributed by atoms with Crippen LogP contribution in [-0.2, 0) is 5.41 Å². The van der Waals surface area contributed by atoms with E-state index in [2.05, 4.69) is 170 Å². The lowest BCUT2D eigenvalue weighted by Crippen LogP contribution is -2.29. The zero-order valence-electron chi connectivity index (χ0n) is 30.1. The molecule has 0 fully saturated rings. The summed E-state index contributed by atoms with van der Waals surface area (Å²) in [6.07, 6.45) is 3.24. The molecule has 1 N–H and O–H groups in total. The molecule has 55 heavy (non-hydrogen) atoms. The van der Waals surface area contributed by atoms with E-state index in [-0.39, 0.29) is 0 Å². The monoisotopic (exact) mass is 701 g/mol. The second kappa shape index (κ2) is 13.0. The van der Waals surface area contributed by atoms with Crippen molar-refractivity contribution >= 4 is 34.1 Å². The number of nitrogens with one attached hydrogen (secondary N) is 1. The van der Waals surface area contributed by atoms with Crippen LogP contribution in [0.2, 0.25) is 0 Å². The summed E-state index contributed by atoms with van der Waals surface area (Å²) in [4.78, 5) is 10.7. The van der Waals surface area contributed by atoms with Gasteiger partial charge in [0.25, 0.3) is 0 Å². The molecule has 0 bridgehead atoms. The minimum atomic E-state index is -0.641. The first-order valence-electron chi connectivity index (χ1n) is 18.6. The largest absolute Gasteiger partial charge is 0.308 e. The molecule has 0 unspecified atom stereocenters. The minimum absolute atomic E-state index is 0.641. The molecule has 0 radical (unpaired) electrons. The highest BCUT2D eigenvalue weighted by Gasteiger charge is 2.48. The molecule has 0 spiro atoms. The van der Waals surface area contributed by atoms with E-state index in [1.54, 1.807) is 0 Å². The van der Waals surface area contributed by atoms with Gasteiger partial charge in [-0.05, 0) is 73.8 Å². The van der Waals surface area contributed by atoms with Crippen LogP contribution in [0.5, 0.6) is 0 Å². The van der Waals surface area contributed by atoms with Gasteiger partial charge in [-0.3, -0.25) is 0 Å². The molecule has 1 aliphatic carbocycles. The first-order valence-corrected chi connectivity index (χ1v) is 18.6. The molecule has 10 rings (SSSR count). The Morgan fingerprint density at radius 2 is 1.04 bits per heavy atom. The van der Waals surface area contributed by atoms with Crippen LogP contribution in [0.25, 0.3) is 72.7 Å². The molecule has 3 heteroatoms. The third-order valence-corrected chi connectivity index (χ3v) is 11.2. The SMILES string of the molecule is C=Cc1ccc(-c2ccc(-c3ccc4ccc5ccc(-c6ccccc6)nc5c4n3)c3c2C(c2ccccc2)(c2ccccc2)c2ccccc2-3)cc1C=N. The summed E-state index contributed by atoms with van der Waals surface area (Å²) < 4.78 is 0. The third kappa shape index (κ3) is 5.01. The van der Waals surface area contributed by atoms with Crippen molar-refractivity contribution in [2.75, 3.05) is 0 Å². The van der Waals surface area contributed by atoms with Crippen molar-refractivity contribution in [2.45, 2.75) is 5.41 Å². The third-order valence-electron chi connectivity index (χ3n) is 11.2. The predicted molar refractivity (Wildman–Crippen MR) is 229 cm³/mol. The number of nitrogens with zero attached hydrogens (tertiary/aromatic N) is 2. The van der Waals surface area contributed by atoms with Gasteiger partial charge in [-0.1, -0.05) is 176 Å². The van der Waals surface area contributed by atoms with E-state index in [0.717, 1.165) is 72.1 Å². The highest BCUT2D eigenvalue weighted by Crippen LogP contribution is 2.60. The number of hydrogen-bond donors (Lipinski definition) is 1. The van der Waals surface area contributed by atoms with Crippen LogP contribution in [0.3, 0.4) is 0 Å². The Hall–Kier alpha value is -7.23. The highest BCUT2D eigenvalue weighted by molar-refractivity contribution is 6.06. The maximum Gasteiger partial charge on any atom is 0.0972 e. The number of rotatable bonds is 7. The maximum absolute atomic E-state index is 8.30. The average molecular weight is 702 g/mol. The van der Waals surface area contributed by atoms with Crippen molar-refractivity contribution in [3.8, 4) is 44.8 Å². The fraction of sp³-hybridized carbons (Fsp3) is 0.0192. The molecule has 2 heterocycles. The second-order valence-electron chi connectivity index (χ2n) is 14.1. The Morgan fingerprint density at radius 3 is 1.69 bits per heavy atom. The van der Waals surface area contributed by atoms with Gasteiger partial charge >= 0.3 is 0 Å². The number of fused-ring (bicyclic) bond motifs is 6. The lowest BCUT2D eigenvalue weighted by Gasteiger charge is -2.35. The second-order valence-corrected chi connectivity index (χ2v) is 14.1. The van der Waals surface area contributed by atoms with Gasteiger partial charge in [0, 0.05) is 28.1 Å². The van der Waals surface area contributed by atoms with Crippen LogP contribution in [0.15, 0.2) is 189 Å². The van der Waals surface area contributed by atoms with E-state index in [1.807, 2.05) is 24.3 Å². The van der Waals surface area contributed by atoms with Crippen molar-refractivity contribution in [1.29, 1.82) is 5.41 Å². The van der Waals surface area contributed by atoms with E-state index >= 15 is 0 Å². The van der Waals surface area contributed by atoms with Gasteiger partial charge < -0.3 is 5.41 Å². The first kappa shape index (κ1) is 32.4. The Kier molecular flexibility index (Phi) is 7.67. The zero-order valence-corrected chi connectivity index (χ0v) is 30.1. The summed E-state index contributed by atoms with van der Waals surface area (Å²) in [5.41, 5.74) is 16.2. The number of hydrogen-bond acceptors (Lipinski definition) is 3. The van der Waals surface area contributed by atoms with Gasteiger partial charge in [-0.2, -0.15) is 0 Å². The highest BCUT2D eigenvalue weighted by atomic mass is 14.8. The fourth-order valence-corrected chi connectivity index (χ4v) is 8.77. The van der Waals surface area contributed by atoms with Gasteiger partial charge in [0.15, 0.2) is 0 Å². The number of benzene rings is 7. The molecule has 1 aliphatic rings. The summed E-state index contributed by atoms with van der Waals surface area (Å²) in [7, 11) is 0. The Balaban J connectivity index is 1.32. The molecule has 0 atom stereocenters. The van der Waals surface area contributed by atoms with Crippen molar-refractivity contribution in [1.82, 2.24) is 9.97 Å². The summed E-state index contributed by atoms with van der Waals surface area (Å²) in [6, 6.07) is 64.7. The predicted octanol–water partition coefficient (Wildman–Crippen LogP) is 12.8. The Morgan fingerprint density at radius 1 is 0.473 bits per heavy atom. The van der Waals surface area contributed by atoms with E-state index in [4.69, 9.17) is 15.4 Å². The summed E-state index contributed by atoms with van der Waals surface area (Å²) in [5.74, 6) is 0. The van der Waals surface area contributed by atoms with E-state index in [9.17, 15) is 0 Å². The van der Waals surface area contributed by atoms with E-state index < -0.39 is 5.41 Å². The van der Waals surface area contributed by atoms with Gasteiger partial charge in [0.05, 0.1) is 27.8 Å². The topological polar surface area (TPSA) is 49.6 Å². The van der Waals surface area contributed by atoms with Crippen molar-refractivity contribution < 1.29 is 0 Å². The molecule has 2 aromatic heterocycles. The zero-order chi connectivity index (χ0) is 36.9. The molecule has 0 aliphatic heterocycles. The summed E-state index contributed by atoms with van der Waals surface area (Å²) >= 11 is 0. The Bertz CT molecular complexity index is 2910. The Labute approximate surface area is 320 Å². The number of pyridine rings is 2. The van der Waals surface area contributed by atoms with E-state index in [1.165, 1.54) is 34.0 Å². The van der Waals surface area contributed by atoms with Crippen LogP contribution < -0.4 is 0 Å². The van der Waals surface area contributed by atoms with Crippen molar-refractivity contribution in [3.63, 3.8) is 0 Å². The fourth-order valence-electron chi connectivity index (χ4n) is 8.77. The molecule has 3 nitrogen and oxygen atoms in total. The molecule has 0 amide bonds. The van der Waals surface area contributed by atoms with Crippen molar-refractivity contribution in [2.24, 2.45) is 0 Å². The quantitative estimate of drug-likeness (QED) is 0.133. The van der Waals surface area contributed by atoms with Crippen LogP contribution in [0, 0.1) is 5.41 Å². The van der Waals surface area contributed by atoms with Crippen LogP contribution in [-0.4, -0.2) is 16.2 Å². The molecular formula is C52H35N3. The average Bonchev–Trinajstić information content (AvgIpc) is 3.58. The summed E-state index contributed by atoms with van der Waals surface area (Å²) in [6.45, 7) is 4.02. The normalized spacial score (nSPS) is 12.7. The van der Waals surface area contributed by atoms with Gasteiger partial charge in [0.2, 0.25) is 0 Å². The molecule has 258 valence electrons. The molecule has 0 saturated carbocycles. The van der Waals surface area contributed by atoms with Gasteiger partial charge in [0.1, 0.15) is 0 Å². The molecule has 7 aromatic carbocycles. The first-order chi connectivity index (χ1) is 27.2. The molecule has 0 saturated heterocycles. The van der Waals surface area contributed by atoms with E-state index in [0.29, 0.717) is 0 Å². The smallest absolute Gasteiger partial charge is 0.0972 e. The lowest BCUT2D eigenvalue weighted by atomic mass is 9.66. The van der Waals surface area contributed by atoms with Crippen molar-refractivity contribution in [3.05, 3.63) is 222 Å². The minimum Gasteiger partial charge on any atom is -0.308 e. The van der Waals surface area contributed by atoms with Crippen LogP contribution in [0.4, 0.5) is 0 Å². The molecular weight excluding hydrogens is 667 g/mol. The number of aromatic nitrogens is 2. The van der Waals surface area contributed by atoms with Gasteiger partial charge in [-0.15, -0.1) is 0 Å².